The van der Waals surface area contributed by atoms with Crippen molar-refractivity contribution >= 4 is 0 Å². The molecule has 0 amide bonds. The number of nitrogens with zero attached hydrogens (tertiary/aromatic N) is 1. The molecule has 0 aliphatic rings. The van der Waals surface area contributed by atoms with Crippen LogP contribution >= 0.6 is 0 Å². The van der Waals surface area contributed by atoms with Crippen LogP contribution in [0.25, 0.3) is 0 Å². The average Bonchev–Trinajstić information content (AvgIpc) is 2.26. The van der Waals surface area contributed by atoms with Crippen molar-refractivity contribution in [2.24, 2.45) is 5.92 Å². The molecule has 0 saturated carbocycles. The number of nitrogens with one attached hydrogen (secondary N) is 1. The maximum Gasteiger partial charge on any atom is 0.0618 e. The number of hydrogen-bond acceptors (Lipinski definition) is 3. The Morgan fingerprint density at radius 3 is 2.31 bits per heavy atom. The molecule has 0 spiro atoms. The molecule has 3 nitrogen and oxygen atoms in total. The fourth-order valence-electron chi connectivity index (χ4n) is 1.82. The van der Waals surface area contributed by atoms with Gasteiger partial charge in [0.05, 0.1) is 6.61 Å². The van der Waals surface area contributed by atoms with Gasteiger partial charge in [-0.1, -0.05) is 27.7 Å². The molecule has 1 N–H and O–H groups in total. The molecule has 0 rings (SSSR count). The first-order chi connectivity index (χ1) is 7.65. The van der Waals surface area contributed by atoms with Crippen LogP contribution in [0.15, 0.2) is 0 Å². The van der Waals surface area contributed by atoms with E-state index in [4.69, 9.17) is 4.74 Å². The van der Waals surface area contributed by atoms with Crippen LogP contribution in [0.2, 0.25) is 0 Å². The van der Waals surface area contributed by atoms with Crippen molar-refractivity contribution in [1.82, 2.24) is 10.2 Å². The molecule has 0 aromatic heterocycles. The lowest BCUT2D eigenvalue weighted by atomic mass is 10.1. The van der Waals surface area contributed by atoms with Crippen molar-refractivity contribution in [3.63, 3.8) is 0 Å². The maximum absolute atomic E-state index is 5.22. The summed E-state index contributed by atoms with van der Waals surface area (Å²) in [5.41, 5.74) is 0. The van der Waals surface area contributed by atoms with E-state index in [0.717, 1.165) is 26.2 Å². The standard InChI is InChI=1S/C13H30N2O/c1-6-9-15(7-2)10-8-14-13(11-16-5)12(3)4/h12-14H,6-11H2,1-5H3. The molecule has 0 aliphatic carbocycles. The van der Waals surface area contributed by atoms with Gasteiger partial charge >= 0.3 is 0 Å². The Kier molecular flexibility index (Phi) is 9.99. The van der Waals surface area contributed by atoms with Gasteiger partial charge in [0.15, 0.2) is 0 Å². The van der Waals surface area contributed by atoms with Gasteiger partial charge in [-0.05, 0) is 25.4 Å². The number of ether oxygens (including phenoxy) is 1. The van der Waals surface area contributed by atoms with Gasteiger partial charge in [-0.25, -0.2) is 0 Å². The van der Waals surface area contributed by atoms with Gasteiger partial charge in [0.1, 0.15) is 0 Å². The molecule has 0 aliphatic heterocycles. The maximum atomic E-state index is 5.22. The SMILES string of the molecule is CCCN(CC)CCNC(COC)C(C)C. The molecular formula is C13H30N2O. The van der Waals surface area contributed by atoms with Crippen LogP contribution in [0.1, 0.15) is 34.1 Å². The van der Waals surface area contributed by atoms with E-state index in [1.165, 1.54) is 13.0 Å². The minimum absolute atomic E-state index is 0.477. The van der Waals surface area contributed by atoms with E-state index in [9.17, 15) is 0 Å². The first-order valence-electron chi connectivity index (χ1n) is 6.60. The van der Waals surface area contributed by atoms with Gasteiger partial charge in [0.2, 0.25) is 0 Å². The molecule has 0 aromatic rings. The quantitative estimate of drug-likeness (QED) is 0.621. The third kappa shape index (κ3) is 7.20. The van der Waals surface area contributed by atoms with Crippen LogP contribution < -0.4 is 5.32 Å². The van der Waals surface area contributed by atoms with Crippen LogP contribution in [0.4, 0.5) is 0 Å². The zero-order valence-electron chi connectivity index (χ0n) is 11.8. The third-order valence-corrected chi connectivity index (χ3v) is 2.97. The van der Waals surface area contributed by atoms with Crippen LogP contribution in [-0.2, 0) is 4.74 Å². The summed E-state index contributed by atoms with van der Waals surface area (Å²) in [5.74, 6) is 0.626. The van der Waals surface area contributed by atoms with E-state index < -0.39 is 0 Å². The molecule has 98 valence electrons. The monoisotopic (exact) mass is 230 g/mol. The van der Waals surface area contributed by atoms with Gasteiger partial charge in [-0.15, -0.1) is 0 Å². The molecule has 16 heavy (non-hydrogen) atoms. The molecule has 1 unspecified atom stereocenters. The van der Waals surface area contributed by atoms with E-state index >= 15 is 0 Å². The van der Waals surface area contributed by atoms with Crippen molar-refractivity contribution in [1.29, 1.82) is 0 Å². The largest absolute Gasteiger partial charge is 0.383 e. The van der Waals surface area contributed by atoms with E-state index in [0.29, 0.717) is 12.0 Å². The van der Waals surface area contributed by atoms with Crippen molar-refractivity contribution in [3.05, 3.63) is 0 Å². The highest BCUT2D eigenvalue weighted by Crippen LogP contribution is 2.01. The summed E-state index contributed by atoms with van der Waals surface area (Å²) in [5, 5.41) is 3.58. The highest BCUT2D eigenvalue weighted by atomic mass is 16.5. The second kappa shape index (κ2) is 10.1. The van der Waals surface area contributed by atoms with Crippen molar-refractivity contribution < 1.29 is 4.74 Å². The minimum atomic E-state index is 0.477. The molecular weight excluding hydrogens is 200 g/mol. The highest BCUT2D eigenvalue weighted by molar-refractivity contribution is 4.70. The normalized spacial score (nSPS) is 13.7. The second-order valence-corrected chi connectivity index (χ2v) is 4.69. The number of methoxy groups -OCH3 is 1. The molecule has 0 saturated heterocycles. The Balaban J connectivity index is 3.74. The Bertz CT molecular complexity index is 151. The number of likely N-dealkylation sites (N-methyl/N-ethyl adjacent to an activating group) is 1. The van der Waals surface area contributed by atoms with Gasteiger partial charge in [0, 0.05) is 26.2 Å². The molecule has 0 fully saturated rings. The summed E-state index contributed by atoms with van der Waals surface area (Å²) in [6.07, 6.45) is 1.24. The predicted molar refractivity (Wildman–Crippen MR) is 70.9 cm³/mol. The topological polar surface area (TPSA) is 24.5 Å². The molecule has 0 heterocycles. The van der Waals surface area contributed by atoms with Crippen LogP contribution in [0, 0.1) is 5.92 Å². The Morgan fingerprint density at radius 1 is 1.19 bits per heavy atom. The number of hydrogen-bond donors (Lipinski definition) is 1. The average molecular weight is 230 g/mol. The minimum Gasteiger partial charge on any atom is -0.383 e. The third-order valence-electron chi connectivity index (χ3n) is 2.97. The van der Waals surface area contributed by atoms with Gasteiger partial charge in [-0.2, -0.15) is 0 Å². The van der Waals surface area contributed by atoms with Gasteiger partial charge in [0.25, 0.3) is 0 Å². The van der Waals surface area contributed by atoms with E-state index in [1.807, 2.05) is 0 Å². The zero-order chi connectivity index (χ0) is 12.4. The second-order valence-electron chi connectivity index (χ2n) is 4.69. The Labute approximate surface area is 102 Å². The molecule has 0 radical (unpaired) electrons. The van der Waals surface area contributed by atoms with E-state index in [2.05, 4.69) is 37.9 Å². The Hall–Kier alpha value is -0.120. The summed E-state index contributed by atoms with van der Waals surface area (Å²) in [6, 6.07) is 0.477. The lowest BCUT2D eigenvalue weighted by Crippen LogP contribution is -2.42. The summed E-state index contributed by atoms with van der Waals surface area (Å²) < 4.78 is 5.22. The van der Waals surface area contributed by atoms with E-state index in [-0.39, 0.29) is 0 Å². The first-order valence-corrected chi connectivity index (χ1v) is 6.60. The van der Waals surface area contributed by atoms with Crippen LogP contribution in [-0.4, -0.2) is 50.8 Å². The number of rotatable bonds is 10. The smallest absolute Gasteiger partial charge is 0.0618 e. The zero-order valence-corrected chi connectivity index (χ0v) is 11.8. The van der Waals surface area contributed by atoms with Gasteiger partial charge < -0.3 is 15.0 Å². The van der Waals surface area contributed by atoms with Crippen molar-refractivity contribution in [2.75, 3.05) is 39.9 Å². The molecule has 3 heteroatoms. The summed E-state index contributed by atoms with van der Waals surface area (Å²) >= 11 is 0. The van der Waals surface area contributed by atoms with Crippen LogP contribution in [0.3, 0.4) is 0 Å². The molecule has 0 aromatic carbocycles. The predicted octanol–water partition coefficient (Wildman–Crippen LogP) is 1.98. The fourth-order valence-corrected chi connectivity index (χ4v) is 1.82. The summed E-state index contributed by atoms with van der Waals surface area (Å²) in [4.78, 5) is 2.48. The van der Waals surface area contributed by atoms with Gasteiger partial charge in [-0.3, -0.25) is 0 Å². The fraction of sp³-hybridized carbons (Fsp3) is 1.00. The lowest BCUT2D eigenvalue weighted by Gasteiger charge is -2.24. The Morgan fingerprint density at radius 2 is 1.88 bits per heavy atom. The highest BCUT2D eigenvalue weighted by Gasteiger charge is 2.12. The first kappa shape index (κ1) is 15.9. The molecule has 1 atom stereocenters. The van der Waals surface area contributed by atoms with Crippen molar-refractivity contribution in [2.45, 2.75) is 40.2 Å². The lowest BCUT2D eigenvalue weighted by molar-refractivity contribution is 0.144. The summed E-state index contributed by atoms with van der Waals surface area (Å²) in [6.45, 7) is 14.3. The summed E-state index contributed by atoms with van der Waals surface area (Å²) in [7, 11) is 1.77. The van der Waals surface area contributed by atoms with Crippen LogP contribution in [0.5, 0.6) is 0 Å². The van der Waals surface area contributed by atoms with E-state index in [1.54, 1.807) is 7.11 Å². The van der Waals surface area contributed by atoms with Crippen molar-refractivity contribution in [3.8, 4) is 0 Å². The molecule has 0 bridgehead atoms.